The molecular formula is C17H17Cl2N3O4S. The van der Waals surface area contributed by atoms with Gasteiger partial charge in [-0.2, -0.15) is 0 Å². The average molecular weight is 430 g/mol. The van der Waals surface area contributed by atoms with Gasteiger partial charge in [-0.25, -0.2) is 13.1 Å². The van der Waals surface area contributed by atoms with E-state index in [0.717, 1.165) is 0 Å². The number of carbonyl (C=O) groups excluding carboxylic acids is 2. The highest BCUT2D eigenvalue weighted by molar-refractivity contribution is 7.89. The summed E-state index contributed by atoms with van der Waals surface area (Å²) in [5.74, 6) is -0.645. The van der Waals surface area contributed by atoms with Crippen molar-refractivity contribution in [2.24, 2.45) is 0 Å². The van der Waals surface area contributed by atoms with Crippen LogP contribution in [0.4, 0.5) is 5.69 Å². The summed E-state index contributed by atoms with van der Waals surface area (Å²) in [6.45, 7) is 1.45. The van der Waals surface area contributed by atoms with E-state index in [1.807, 2.05) is 0 Å². The first-order chi connectivity index (χ1) is 12.7. The van der Waals surface area contributed by atoms with Gasteiger partial charge in [0.15, 0.2) is 0 Å². The smallest absolute Gasteiger partial charge is 0.251 e. The van der Waals surface area contributed by atoms with Crippen molar-refractivity contribution in [3.05, 3.63) is 58.1 Å². The molecule has 2 aromatic rings. The van der Waals surface area contributed by atoms with Gasteiger partial charge in [-0.15, -0.1) is 0 Å². The Labute approximate surface area is 167 Å². The number of hydrogen-bond donors (Lipinski definition) is 3. The molecule has 0 fully saturated rings. The molecule has 0 radical (unpaired) electrons. The highest BCUT2D eigenvalue weighted by Crippen LogP contribution is 2.22. The van der Waals surface area contributed by atoms with E-state index in [9.17, 15) is 18.0 Å². The summed E-state index contributed by atoms with van der Waals surface area (Å²) >= 11 is 11.7. The summed E-state index contributed by atoms with van der Waals surface area (Å²) in [6, 6.07) is 10.2. The van der Waals surface area contributed by atoms with Crippen LogP contribution in [0.15, 0.2) is 47.4 Å². The zero-order valence-corrected chi connectivity index (χ0v) is 16.6. The SMILES string of the molecule is CC(=O)Nc1ccc(S(=O)(=O)NCCNC(=O)c2ccc(Cl)c(Cl)c2)cc1. The molecule has 2 rings (SSSR count). The van der Waals surface area contributed by atoms with Gasteiger partial charge in [0, 0.05) is 31.3 Å². The summed E-state index contributed by atoms with van der Waals surface area (Å²) in [7, 11) is -3.73. The van der Waals surface area contributed by atoms with Gasteiger partial charge in [-0.3, -0.25) is 9.59 Å². The minimum absolute atomic E-state index is 0.00282. The second kappa shape index (κ2) is 9.18. The Kier molecular flexibility index (Phi) is 7.20. The van der Waals surface area contributed by atoms with Crippen molar-refractivity contribution in [3.8, 4) is 0 Å². The Hall–Kier alpha value is -2.13. The quantitative estimate of drug-likeness (QED) is 0.588. The molecule has 144 valence electrons. The number of rotatable bonds is 7. The highest BCUT2D eigenvalue weighted by atomic mass is 35.5. The maximum atomic E-state index is 12.2. The van der Waals surface area contributed by atoms with Gasteiger partial charge in [0.25, 0.3) is 5.91 Å². The van der Waals surface area contributed by atoms with Crippen LogP contribution in [-0.2, 0) is 14.8 Å². The molecule has 0 aliphatic rings. The van der Waals surface area contributed by atoms with Crippen LogP contribution in [0, 0.1) is 0 Å². The fourth-order valence-electron chi connectivity index (χ4n) is 2.10. The van der Waals surface area contributed by atoms with Crippen LogP contribution in [0.5, 0.6) is 0 Å². The van der Waals surface area contributed by atoms with E-state index in [4.69, 9.17) is 23.2 Å². The van der Waals surface area contributed by atoms with Crippen molar-refractivity contribution in [1.29, 1.82) is 0 Å². The average Bonchev–Trinajstić information content (AvgIpc) is 2.61. The molecule has 2 amide bonds. The van der Waals surface area contributed by atoms with E-state index in [0.29, 0.717) is 16.3 Å². The minimum atomic E-state index is -3.73. The zero-order chi connectivity index (χ0) is 20.0. The summed E-state index contributed by atoms with van der Waals surface area (Å²) in [4.78, 5) is 23.0. The molecular weight excluding hydrogens is 413 g/mol. The van der Waals surface area contributed by atoms with Gasteiger partial charge in [-0.05, 0) is 42.5 Å². The standard InChI is InChI=1S/C17H17Cl2N3O4S/c1-11(23)22-13-3-5-14(6-4-13)27(25,26)21-9-8-20-17(24)12-2-7-15(18)16(19)10-12/h2-7,10,21H,8-9H2,1H3,(H,20,24)(H,22,23). The summed E-state index contributed by atoms with van der Waals surface area (Å²) < 4.78 is 26.8. The van der Waals surface area contributed by atoms with Crippen molar-refractivity contribution in [1.82, 2.24) is 10.0 Å². The lowest BCUT2D eigenvalue weighted by Gasteiger charge is -2.09. The predicted molar refractivity (Wildman–Crippen MR) is 105 cm³/mol. The van der Waals surface area contributed by atoms with E-state index in [-0.39, 0.29) is 28.9 Å². The van der Waals surface area contributed by atoms with Crippen molar-refractivity contribution in [3.63, 3.8) is 0 Å². The van der Waals surface area contributed by atoms with E-state index < -0.39 is 15.9 Å². The molecule has 27 heavy (non-hydrogen) atoms. The first-order valence-electron chi connectivity index (χ1n) is 7.79. The fraction of sp³-hybridized carbons (Fsp3) is 0.176. The molecule has 0 aliphatic carbocycles. The molecule has 2 aromatic carbocycles. The summed E-state index contributed by atoms with van der Waals surface area (Å²) in [5.41, 5.74) is 0.816. The van der Waals surface area contributed by atoms with Gasteiger partial charge in [0.2, 0.25) is 15.9 Å². The molecule has 0 spiro atoms. The van der Waals surface area contributed by atoms with Crippen LogP contribution in [-0.4, -0.2) is 33.3 Å². The number of anilines is 1. The van der Waals surface area contributed by atoms with Gasteiger partial charge in [0.05, 0.1) is 14.9 Å². The molecule has 7 nitrogen and oxygen atoms in total. The highest BCUT2D eigenvalue weighted by Gasteiger charge is 2.14. The lowest BCUT2D eigenvalue weighted by atomic mass is 10.2. The molecule has 0 saturated carbocycles. The number of halogens is 2. The Morgan fingerprint density at radius 1 is 0.963 bits per heavy atom. The van der Waals surface area contributed by atoms with Gasteiger partial charge in [-0.1, -0.05) is 23.2 Å². The number of benzene rings is 2. The van der Waals surface area contributed by atoms with E-state index in [2.05, 4.69) is 15.4 Å². The Morgan fingerprint density at radius 2 is 1.63 bits per heavy atom. The Balaban J connectivity index is 1.87. The molecule has 0 aromatic heterocycles. The number of amides is 2. The molecule has 0 unspecified atom stereocenters. The van der Waals surface area contributed by atoms with Gasteiger partial charge < -0.3 is 10.6 Å². The molecule has 0 aliphatic heterocycles. The number of nitrogens with one attached hydrogen (secondary N) is 3. The van der Waals surface area contributed by atoms with Gasteiger partial charge >= 0.3 is 0 Å². The van der Waals surface area contributed by atoms with Crippen LogP contribution in [0.1, 0.15) is 17.3 Å². The lowest BCUT2D eigenvalue weighted by molar-refractivity contribution is -0.114. The van der Waals surface area contributed by atoms with Crippen molar-refractivity contribution >= 4 is 50.7 Å². The third kappa shape index (κ3) is 6.21. The van der Waals surface area contributed by atoms with Crippen LogP contribution >= 0.6 is 23.2 Å². The zero-order valence-electron chi connectivity index (χ0n) is 14.3. The molecule has 0 saturated heterocycles. The van der Waals surface area contributed by atoms with E-state index in [1.54, 1.807) is 0 Å². The van der Waals surface area contributed by atoms with Crippen molar-refractivity contribution < 1.29 is 18.0 Å². The maximum Gasteiger partial charge on any atom is 0.251 e. The predicted octanol–water partition coefficient (Wildman–Crippen LogP) is 2.66. The monoisotopic (exact) mass is 429 g/mol. The lowest BCUT2D eigenvalue weighted by Crippen LogP contribution is -2.34. The topological polar surface area (TPSA) is 104 Å². The molecule has 0 atom stereocenters. The molecule has 0 heterocycles. The molecule has 10 heteroatoms. The molecule has 0 bridgehead atoms. The van der Waals surface area contributed by atoms with E-state index >= 15 is 0 Å². The van der Waals surface area contributed by atoms with Crippen LogP contribution in [0.2, 0.25) is 10.0 Å². The van der Waals surface area contributed by atoms with Gasteiger partial charge in [0.1, 0.15) is 0 Å². The van der Waals surface area contributed by atoms with Crippen LogP contribution < -0.4 is 15.4 Å². The maximum absolute atomic E-state index is 12.2. The number of sulfonamides is 1. The fourth-order valence-corrected chi connectivity index (χ4v) is 3.43. The summed E-state index contributed by atoms with van der Waals surface area (Å²) in [6.07, 6.45) is 0. The Bertz CT molecular complexity index is 947. The van der Waals surface area contributed by atoms with Crippen molar-refractivity contribution in [2.75, 3.05) is 18.4 Å². The van der Waals surface area contributed by atoms with E-state index in [1.165, 1.54) is 49.4 Å². The largest absolute Gasteiger partial charge is 0.351 e. The first-order valence-corrected chi connectivity index (χ1v) is 10.0. The van der Waals surface area contributed by atoms with Crippen molar-refractivity contribution in [2.45, 2.75) is 11.8 Å². The third-order valence-corrected chi connectivity index (χ3v) is 5.59. The second-order valence-electron chi connectivity index (χ2n) is 5.49. The normalized spacial score (nSPS) is 11.1. The Morgan fingerprint density at radius 3 is 2.22 bits per heavy atom. The first kappa shape index (κ1) is 21.2. The third-order valence-electron chi connectivity index (χ3n) is 3.37. The molecule has 3 N–H and O–H groups in total. The minimum Gasteiger partial charge on any atom is -0.351 e. The summed E-state index contributed by atoms with van der Waals surface area (Å²) in [5, 5.41) is 5.73. The van der Waals surface area contributed by atoms with Crippen LogP contribution in [0.3, 0.4) is 0 Å². The van der Waals surface area contributed by atoms with Crippen LogP contribution in [0.25, 0.3) is 0 Å². The second-order valence-corrected chi connectivity index (χ2v) is 8.07. The number of carbonyl (C=O) groups is 2. The number of hydrogen-bond acceptors (Lipinski definition) is 4.